The van der Waals surface area contributed by atoms with E-state index in [4.69, 9.17) is 15.2 Å². The number of nitrogen functional groups attached to an aromatic ring is 1. The van der Waals surface area contributed by atoms with Crippen molar-refractivity contribution < 1.29 is 9.47 Å². The Hall–Kier alpha value is -1.21. The molecule has 1 aliphatic rings. The van der Waals surface area contributed by atoms with Crippen LogP contribution in [-0.2, 0) is 6.54 Å². The van der Waals surface area contributed by atoms with Crippen molar-refractivity contribution in [2.24, 2.45) is 0 Å². The van der Waals surface area contributed by atoms with Crippen molar-refractivity contribution in [2.75, 3.05) is 37.2 Å². The molecular weight excluding hydrogens is 306 g/mol. The summed E-state index contributed by atoms with van der Waals surface area (Å²) in [6.07, 6.45) is 0. The van der Waals surface area contributed by atoms with Crippen molar-refractivity contribution in [1.29, 1.82) is 0 Å². The Kier molecular flexibility index (Phi) is 4.40. The van der Waals surface area contributed by atoms with Crippen LogP contribution in [0.4, 0.5) is 5.95 Å². The highest BCUT2D eigenvalue weighted by atomic mass is 32.2. The summed E-state index contributed by atoms with van der Waals surface area (Å²) in [5, 5.41) is 0.580. The van der Waals surface area contributed by atoms with Gasteiger partial charge in [0.25, 0.3) is 0 Å². The number of fused-ring (bicyclic) bond motifs is 1. The van der Waals surface area contributed by atoms with Gasteiger partial charge in [-0.1, -0.05) is 0 Å². The van der Waals surface area contributed by atoms with Crippen LogP contribution in [0.1, 0.15) is 0 Å². The van der Waals surface area contributed by atoms with Gasteiger partial charge in [0.05, 0.1) is 25.3 Å². The number of aromatic nitrogens is 2. The zero-order valence-electron chi connectivity index (χ0n) is 12.2. The molecule has 2 aromatic rings. The van der Waals surface area contributed by atoms with Gasteiger partial charge in [0, 0.05) is 41.2 Å². The van der Waals surface area contributed by atoms with Crippen LogP contribution in [-0.4, -0.2) is 46.3 Å². The first-order chi connectivity index (χ1) is 10.2. The Morgan fingerprint density at radius 3 is 2.71 bits per heavy atom. The summed E-state index contributed by atoms with van der Waals surface area (Å²) in [4.78, 5) is 4.45. The highest BCUT2D eigenvalue weighted by Crippen LogP contribution is 2.34. The molecule has 1 aliphatic heterocycles. The molecule has 2 N–H and O–H groups in total. The molecule has 7 heteroatoms. The van der Waals surface area contributed by atoms with Crippen molar-refractivity contribution in [1.82, 2.24) is 9.55 Å². The van der Waals surface area contributed by atoms with Crippen molar-refractivity contribution in [3.63, 3.8) is 0 Å². The fraction of sp³-hybridized carbons (Fsp3) is 0.500. The number of thioether (sulfide) groups is 2. The Labute approximate surface area is 132 Å². The topological polar surface area (TPSA) is 62.3 Å². The van der Waals surface area contributed by atoms with E-state index in [0.717, 1.165) is 23.3 Å². The minimum Gasteiger partial charge on any atom is -0.493 e. The van der Waals surface area contributed by atoms with Gasteiger partial charge in [0.15, 0.2) is 11.5 Å². The van der Waals surface area contributed by atoms with E-state index in [2.05, 4.69) is 9.55 Å². The molecule has 0 aliphatic carbocycles. The fourth-order valence-corrected chi connectivity index (χ4v) is 5.16. The Bertz CT molecular complexity index is 639. The van der Waals surface area contributed by atoms with Gasteiger partial charge in [-0.15, -0.1) is 0 Å². The molecule has 21 heavy (non-hydrogen) atoms. The van der Waals surface area contributed by atoms with E-state index in [-0.39, 0.29) is 0 Å². The van der Waals surface area contributed by atoms with Gasteiger partial charge in [-0.05, 0) is 0 Å². The zero-order valence-corrected chi connectivity index (χ0v) is 13.8. The van der Waals surface area contributed by atoms with Gasteiger partial charge in [0.1, 0.15) is 0 Å². The smallest absolute Gasteiger partial charge is 0.201 e. The molecule has 0 amide bonds. The minimum atomic E-state index is 0.552. The molecular formula is C14H19N3O2S2. The summed E-state index contributed by atoms with van der Waals surface area (Å²) >= 11 is 4.03. The van der Waals surface area contributed by atoms with Crippen LogP contribution in [0.5, 0.6) is 11.5 Å². The highest BCUT2D eigenvalue weighted by molar-refractivity contribution is 8.06. The van der Waals surface area contributed by atoms with E-state index < -0.39 is 0 Å². The second kappa shape index (κ2) is 6.27. The summed E-state index contributed by atoms with van der Waals surface area (Å²) in [6, 6.07) is 3.84. The largest absolute Gasteiger partial charge is 0.493 e. The number of hydrogen-bond acceptors (Lipinski definition) is 6. The third-order valence-electron chi connectivity index (χ3n) is 3.55. The molecule has 2 heterocycles. The van der Waals surface area contributed by atoms with Crippen LogP contribution in [0, 0.1) is 0 Å². The summed E-state index contributed by atoms with van der Waals surface area (Å²) in [7, 11) is 3.27. The van der Waals surface area contributed by atoms with E-state index >= 15 is 0 Å². The Morgan fingerprint density at radius 1 is 1.29 bits per heavy atom. The first-order valence-electron chi connectivity index (χ1n) is 6.80. The zero-order chi connectivity index (χ0) is 14.8. The number of ether oxygens (including phenoxy) is 2. The average Bonchev–Trinajstić information content (AvgIpc) is 2.82. The van der Waals surface area contributed by atoms with Crippen LogP contribution in [0.15, 0.2) is 12.1 Å². The van der Waals surface area contributed by atoms with Crippen molar-refractivity contribution in [2.45, 2.75) is 11.8 Å². The molecule has 0 saturated carbocycles. The van der Waals surface area contributed by atoms with Crippen LogP contribution in [0.2, 0.25) is 0 Å². The summed E-state index contributed by atoms with van der Waals surface area (Å²) in [6.45, 7) is 0.884. The van der Waals surface area contributed by atoms with Gasteiger partial charge in [-0.2, -0.15) is 23.5 Å². The van der Waals surface area contributed by atoms with E-state index in [1.807, 2.05) is 35.7 Å². The molecule has 0 spiro atoms. The maximum Gasteiger partial charge on any atom is 0.201 e. The third kappa shape index (κ3) is 2.89. The van der Waals surface area contributed by atoms with Gasteiger partial charge in [-0.25, -0.2) is 4.98 Å². The molecule has 1 aromatic heterocycles. The van der Waals surface area contributed by atoms with Gasteiger partial charge in [0.2, 0.25) is 5.95 Å². The van der Waals surface area contributed by atoms with Crippen molar-refractivity contribution >= 4 is 40.5 Å². The number of methoxy groups -OCH3 is 2. The highest BCUT2D eigenvalue weighted by Gasteiger charge is 2.19. The molecule has 1 fully saturated rings. The van der Waals surface area contributed by atoms with Crippen molar-refractivity contribution in [3.8, 4) is 11.5 Å². The lowest BCUT2D eigenvalue weighted by molar-refractivity contribution is 0.355. The molecule has 1 aromatic carbocycles. The normalized spacial score (nSPS) is 18.9. The van der Waals surface area contributed by atoms with Crippen molar-refractivity contribution in [3.05, 3.63) is 12.1 Å². The minimum absolute atomic E-state index is 0.552. The van der Waals surface area contributed by atoms with Crippen LogP contribution >= 0.6 is 23.5 Å². The number of rotatable bonds is 4. The first-order valence-corrected chi connectivity index (χ1v) is 9.00. The second-order valence-corrected chi connectivity index (χ2v) is 7.40. The van der Waals surface area contributed by atoms with Gasteiger partial charge >= 0.3 is 0 Å². The van der Waals surface area contributed by atoms with Crippen LogP contribution in [0.25, 0.3) is 11.0 Å². The third-order valence-corrected chi connectivity index (χ3v) is 6.38. The number of nitrogens with zero attached hydrogens (tertiary/aromatic N) is 2. The number of imidazole rings is 1. The molecule has 1 saturated heterocycles. The quantitative estimate of drug-likeness (QED) is 0.932. The van der Waals surface area contributed by atoms with E-state index in [1.54, 1.807) is 14.2 Å². The average molecular weight is 325 g/mol. The maximum absolute atomic E-state index is 6.11. The Morgan fingerprint density at radius 2 is 2.05 bits per heavy atom. The van der Waals surface area contributed by atoms with Gasteiger partial charge < -0.3 is 19.8 Å². The summed E-state index contributed by atoms with van der Waals surface area (Å²) in [5.74, 6) is 5.55. The lowest BCUT2D eigenvalue weighted by atomic mass is 10.2. The molecule has 3 rings (SSSR count). The number of benzene rings is 1. The first kappa shape index (κ1) is 14.7. The Balaban J connectivity index is 1.98. The molecule has 0 radical (unpaired) electrons. The standard InChI is InChI=1S/C14H19N3O2S2/c1-18-12-5-10-11(6-13(12)19-2)17(14(15)16-10)7-9-8-20-3-4-21-9/h5-6,9H,3-4,7-8H2,1-2H3,(H2,15,16). The maximum atomic E-state index is 6.11. The summed E-state index contributed by atoms with van der Waals surface area (Å²) in [5.41, 5.74) is 7.95. The molecule has 1 unspecified atom stereocenters. The fourth-order valence-electron chi connectivity index (χ4n) is 2.51. The SMILES string of the molecule is COc1cc2nc(N)n(CC3CSCCS3)c2cc1OC. The predicted octanol–water partition coefficient (Wildman–Crippen LogP) is 2.48. The van der Waals surface area contributed by atoms with Crippen LogP contribution in [0.3, 0.4) is 0 Å². The lowest BCUT2D eigenvalue weighted by Gasteiger charge is -2.22. The summed E-state index contributed by atoms with van der Waals surface area (Å²) < 4.78 is 12.8. The second-order valence-electron chi connectivity index (χ2n) is 4.84. The van der Waals surface area contributed by atoms with Crippen LogP contribution < -0.4 is 15.2 Å². The van der Waals surface area contributed by atoms with E-state index in [0.29, 0.717) is 22.7 Å². The molecule has 114 valence electrons. The molecule has 5 nitrogen and oxygen atoms in total. The van der Waals surface area contributed by atoms with E-state index in [9.17, 15) is 0 Å². The van der Waals surface area contributed by atoms with E-state index in [1.165, 1.54) is 11.5 Å². The monoisotopic (exact) mass is 325 g/mol. The lowest BCUT2D eigenvalue weighted by Crippen LogP contribution is -2.21. The molecule has 0 bridgehead atoms. The predicted molar refractivity (Wildman–Crippen MR) is 90.8 cm³/mol. The van der Waals surface area contributed by atoms with Gasteiger partial charge in [-0.3, -0.25) is 0 Å². The number of hydrogen-bond donors (Lipinski definition) is 1. The number of nitrogens with two attached hydrogens (primary N) is 1. The molecule has 1 atom stereocenters. The number of anilines is 1.